The van der Waals surface area contributed by atoms with E-state index in [1.165, 1.54) is 0 Å². The molecule has 3 fully saturated rings. The zero-order chi connectivity index (χ0) is 58.5. The molecule has 2 aromatic carbocycles. The van der Waals surface area contributed by atoms with Crippen LogP contribution in [0.5, 0.6) is 0 Å². The Hall–Kier alpha value is -7.25. The van der Waals surface area contributed by atoms with Crippen LogP contribution >= 0.6 is 0 Å². The number of hydrazine groups is 1. The van der Waals surface area contributed by atoms with E-state index in [0.717, 1.165) is 82.8 Å². The number of ether oxygens (including phenoxy) is 3. The van der Waals surface area contributed by atoms with Gasteiger partial charge in [-0.1, -0.05) is 24.0 Å². The summed E-state index contributed by atoms with van der Waals surface area (Å²) in [5.41, 5.74) is -3.83. The summed E-state index contributed by atoms with van der Waals surface area (Å²) in [5.74, 6) is 0.955. The van der Waals surface area contributed by atoms with E-state index in [9.17, 15) is 54.3 Å². The summed E-state index contributed by atoms with van der Waals surface area (Å²) in [6.07, 6.45) is -7.59. The van der Waals surface area contributed by atoms with Crippen LogP contribution in [0.1, 0.15) is 75.8 Å². The molecule has 0 saturated carbocycles. The highest BCUT2D eigenvalue weighted by Crippen LogP contribution is 2.42. The Kier molecular flexibility index (Phi) is 18.6. The van der Waals surface area contributed by atoms with Gasteiger partial charge in [0.1, 0.15) is 23.7 Å². The topological polar surface area (TPSA) is 197 Å². The number of aromatic nitrogens is 4. The highest BCUT2D eigenvalue weighted by Gasteiger charge is 2.57. The van der Waals surface area contributed by atoms with Crippen molar-refractivity contribution < 1.29 is 77.3 Å². The third-order valence-electron chi connectivity index (χ3n) is 14.6. The predicted octanol–water partition coefficient (Wildman–Crippen LogP) is 7.04. The van der Waals surface area contributed by atoms with E-state index in [1.54, 1.807) is 36.7 Å². The van der Waals surface area contributed by atoms with E-state index in [4.69, 9.17) is 4.74 Å². The van der Waals surface area contributed by atoms with Gasteiger partial charge in [0.2, 0.25) is 11.9 Å². The van der Waals surface area contributed by atoms with Crippen LogP contribution in [0.2, 0.25) is 0 Å². The molecule has 2 unspecified atom stereocenters. The zero-order valence-corrected chi connectivity index (χ0v) is 44.2. The molecule has 2 bridgehead atoms. The number of hydrogen-bond acceptors (Lipinski definition) is 13. The molecule has 4 N–H and O–H groups in total. The van der Waals surface area contributed by atoms with Gasteiger partial charge >= 0.3 is 31.1 Å². The van der Waals surface area contributed by atoms with Crippen molar-refractivity contribution in [2.75, 3.05) is 52.0 Å². The number of anilines is 1. The molecule has 18 nitrogen and oxygen atoms in total. The maximum Gasteiger partial charge on any atom is 0.407 e. The van der Waals surface area contributed by atoms with Gasteiger partial charge in [-0.2, -0.15) is 40.2 Å². The summed E-state index contributed by atoms with van der Waals surface area (Å²) in [7, 11) is 1.67. The molecular weight excluding hydrogens is 1080 g/mol. The third kappa shape index (κ3) is 14.0. The predicted molar refractivity (Wildman–Crippen MR) is 266 cm³/mol. The molecule has 0 radical (unpaired) electrons. The molecule has 4 aromatic rings. The van der Waals surface area contributed by atoms with E-state index in [1.807, 2.05) is 10.6 Å². The Morgan fingerprint density at radius 2 is 1.30 bits per heavy atom. The largest absolute Gasteiger partial charge is 0.453 e. The van der Waals surface area contributed by atoms with Crippen molar-refractivity contribution in [1.29, 1.82) is 0 Å². The van der Waals surface area contributed by atoms with Crippen molar-refractivity contribution in [2.45, 2.75) is 115 Å². The maximum absolute atomic E-state index is 16.0. The first kappa shape index (κ1) is 60.4. The van der Waals surface area contributed by atoms with Gasteiger partial charge in [0.25, 0.3) is 5.91 Å². The first-order chi connectivity index (χ1) is 37.6. The van der Waals surface area contributed by atoms with Crippen molar-refractivity contribution in [1.82, 2.24) is 51.0 Å². The molecule has 0 spiro atoms. The summed E-state index contributed by atoms with van der Waals surface area (Å²) in [6, 6.07) is 3.94. The van der Waals surface area contributed by atoms with Gasteiger partial charge in [0.05, 0.1) is 55.6 Å². The number of alkyl carbamates (subject to hydrolysis) is 2. The summed E-state index contributed by atoms with van der Waals surface area (Å²) in [5, 5.41) is 10.6. The van der Waals surface area contributed by atoms with Gasteiger partial charge in [0, 0.05) is 79.6 Å². The second-order valence-electron chi connectivity index (χ2n) is 20.7. The van der Waals surface area contributed by atoms with E-state index in [0.29, 0.717) is 68.5 Å². The number of benzene rings is 2. The lowest BCUT2D eigenvalue weighted by Crippen LogP contribution is -2.62. The third-order valence-corrected chi connectivity index (χ3v) is 14.6. The molecule has 7 rings (SSSR count). The minimum absolute atomic E-state index is 0.223. The van der Waals surface area contributed by atoms with Crippen LogP contribution in [0.3, 0.4) is 0 Å². The van der Waals surface area contributed by atoms with Crippen molar-refractivity contribution in [3.8, 4) is 23.1 Å². The molecule has 80 heavy (non-hydrogen) atoms. The number of amides is 4. The minimum atomic E-state index is -5.18. The lowest BCUT2D eigenvalue weighted by atomic mass is 9.82. The molecule has 3 saturated heterocycles. The standard InChI is InChI=1S/C52H59F10N11O7/c1-49(2,51(57,58)59)41(66-47(76)78-5)43(74)65-33(19-30-10-7-29(8-11-30)9-12-31-22-63-46(64-23-31)70-24-34-13-14-35(25-70)73(34)36-27-80-28-36)15-17-71(69-44(75)42(67-48(77)79-6)50(3,4)52(60,61)62)26-37-38(53)20-32(21-39(37)54)40-16-18-72(68-40)45(55)56/h7-8,10-11,16,18,20-23,33-36,41-42,45H,13-15,17,19,24-28H2,1-6H3,(H,65,74)(H,66,76)(H,67,77)(H,69,75)/t33-,34?,35?,41+,42+/m0/s1. The molecule has 4 amide bonds. The Balaban J connectivity index is 1.16. The number of alkyl halides is 8. The van der Waals surface area contributed by atoms with Crippen molar-refractivity contribution in [3.63, 3.8) is 0 Å². The monoisotopic (exact) mass is 1140 g/mol. The van der Waals surface area contributed by atoms with Crippen molar-refractivity contribution in [3.05, 3.63) is 94.9 Å². The number of halogens is 10. The SMILES string of the molecule is COC(=O)N[C@H](C(=O)N[C@@H](CCN(Cc1c(F)cc(-c2ccn(C(F)F)n2)cc1F)NC(=O)[C@@H](NC(=O)OC)C(C)(C)C(F)(F)F)Cc1ccc(C#Cc2cnc(N3CC4CCC(C3)N4C3COC3)nc2)cc1)C(C)(C)C(F)(F)F. The molecule has 2 aromatic heterocycles. The average molecular weight is 1140 g/mol. The molecule has 3 aliphatic rings. The number of methoxy groups -OCH3 is 2. The number of nitrogens with zero attached hydrogens (tertiary/aromatic N) is 7. The Labute approximate surface area is 453 Å². The Morgan fingerprint density at radius 3 is 1.79 bits per heavy atom. The fourth-order valence-corrected chi connectivity index (χ4v) is 9.53. The number of carbonyl (C=O) groups is 4. The van der Waals surface area contributed by atoms with Crippen LogP contribution in [0, 0.1) is 34.3 Å². The minimum Gasteiger partial charge on any atom is -0.453 e. The number of rotatable bonds is 19. The van der Waals surface area contributed by atoms with E-state index in [2.05, 4.69) is 56.9 Å². The maximum atomic E-state index is 16.0. The second kappa shape index (κ2) is 24.6. The van der Waals surface area contributed by atoms with Crippen LogP contribution < -0.4 is 26.3 Å². The number of hydrogen-bond donors (Lipinski definition) is 4. The molecule has 5 atom stereocenters. The van der Waals surface area contributed by atoms with Crippen LogP contribution in [0.15, 0.2) is 61.1 Å². The van der Waals surface area contributed by atoms with E-state index >= 15 is 8.78 Å². The second-order valence-corrected chi connectivity index (χ2v) is 20.7. The van der Waals surface area contributed by atoms with E-state index < -0.39 is 109 Å². The van der Waals surface area contributed by atoms with Gasteiger partial charge in [-0.15, -0.1) is 0 Å². The quantitative estimate of drug-likeness (QED) is 0.0424. The summed E-state index contributed by atoms with van der Waals surface area (Å²) in [6.45, 7) is 0.780. The number of carbonyl (C=O) groups excluding carboxylic acids is 4. The Morgan fingerprint density at radius 1 is 0.762 bits per heavy atom. The van der Waals surface area contributed by atoms with Gasteiger partial charge in [-0.3, -0.25) is 19.9 Å². The summed E-state index contributed by atoms with van der Waals surface area (Å²) >= 11 is 0. The number of piperazine rings is 1. The molecule has 5 heterocycles. The average Bonchev–Trinajstić information content (AvgIpc) is 3.97. The van der Waals surface area contributed by atoms with Gasteiger partial charge < -0.3 is 35.1 Å². The molecule has 3 aliphatic heterocycles. The first-order valence-corrected chi connectivity index (χ1v) is 25.1. The Bertz CT molecular complexity index is 2870. The highest BCUT2D eigenvalue weighted by atomic mass is 19.4. The van der Waals surface area contributed by atoms with Crippen molar-refractivity contribution in [2.24, 2.45) is 10.8 Å². The number of fused-ring (bicyclic) bond motifs is 2. The van der Waals surface area contributed by atoms with Crippen LogP contribution in [-0.2, 0) is 36.8 Å². The normalized spacial score (nSPS) is 18.1. The zero-order valence-electron chi connectivity index (χ0n) is 44.2. The smallest absolute Gasteiger partial charge is 0.407 e. The molecular formula is C52H59F10N11O7. The first-order valence-electron chi connectivity index (χ1n) is 25.1. The lowest BCUT2D eigenvalue weighted by molar-refractivity contribution is -0.221. The lowest BCUT2D eigenvalue weighted by Gasteiger charge is -2.47. The summed E-state index contributed by atoms with van der Waals surface area (Å²) in [4.78, 5) is 66.7. The van der Waals surface area contributed by atoms with Crippen molar-refractivity contribution >= 4 is 29.9 Å². The number of nitrogens with one attached hydrogen (secondary N) is 4. The van der Waals surface area contributed by atoms with Gasteiger partial charge in [0.15, 0.2) is 0 Å². The fourth-order valence-electron chi connectivity index (χ4n) is 9.53. The molecule has 28 heteroatoms. The highest BCUT2D eigenvalue weighted by molar-refractivity contribution is 5.87. The van der Waals surface area contributed by atoms with Gasteiger partial charge in [-0.25, -0.2) is 38.0 Å². The fraction of sp³-hybridized carbons (Fsp3) is 0.519. The van der Waals surface area contributed by atoms with Crippen LogP contribution in [-0.4, -0.2) is 149 Å². The molecule has 0 aliphatic carbocycles. The van der Waals surface area contributed by atoms with Crippen LogP contribution in [0.4, 0.5) is 59.4 Å². The van der Waals surface area contributed by atoms with Crippen LogP contribution in [0.25, 0.3) is 11.3 Å². The summed E-state index contributed by atoms with van der Waals surface area (Å²) < 4.78 is 160. The molecule has 434 valence electrons. The van der Waals surface area contributed by atoms with Gasteiger partial charge in [-0.05, 0) is 89.3 Å². The van der Waals surface area contributed by atoms with E-state index in [-0.39, 0.29) is 22.4 Å².